The number of piperidine rings is 3. The molecule has 3 aliphatic heterocycles. The molecule has 0 spiro atoms. The smallest absolute Gasteiger partial charge is 0.227 e. The van der Waals surface area contributed by atoms with E-state index in [-0.39, 0.29) is 11.8 Å². The van der Waals surface area contributed by atoms with E-state index < -0.39 is 6.10 Å². The molecule has 0 aliphatic carbocycles. The van der Waals surface area contributed by atoms with Gasteiger partial charge in [-0.15, -0.1) is 6.58 Å². The van der Waals surface area contributed by atoms with Crippen LogP contribution >= 0.6 is 11.6 Å². The molecular formula is C42H38ClN4O2+. The van der Waals surface area contributed by atoms with Crippen molar-refractivity contribution >= 4 is 22.5 Å². The first-order chi connectivity index (χ1) is 24.0. The molecule has 7 heteroatoms. The van der Waals surface area contributed by atoms with Crippen molar-refractivity contribution in [3.8, 4) is 34.1 Å². The van der Waals surface area contributed by atoms with Crippen LogP contribution in [0, 0.1) is 11.8 Å². The van der Waals surface area contributed by atoms with E-state index in [9.17, 15) is 5.11 Å². The van der Waals surface area contributed by atoms with E-state index in [1.54, 1.807) is 12.1 Å². The first-order valence-corrected chi connectivity index (χ1v) is 17.3. The maximum atomic E-state index is 10.7. The van der Waals surface area contributed by atoms with Gasteiger partial charge in [-0.25, -0.2) is 4.98 Å². The lowest BCUT2D eigenvalue weighted by Gasteiger charge is -2.58. The highest BCUT2D eigenvalue weighted by Crippen LogP contribution is 2.50. The molecule has 3 fully saturated rings. The van der Waals surface area contributed by atoms with Gasteiger partial charge >= 0.3 is 0 Å². The lowest BCUT2D eigenvalue weighted by atomic mass is 9.71. The summed E-state index contributed by atoms with van der Waals surface area (Å²) in [6, 6.07) is 38.1. The third kappa shape index (κ3) is 5.96. The van der Waals surface area contributed by atoms with Crippen LogP contribution in [-0.2, 0) is 6.54 Å². The third-order valence-corrected chi connectivity index (χ3v) is 10.9. The molecule has 6 nitrogen and oxygen atoms in total. The van der Waals surface area contributed by atoms with Gasteiger partial charge in [-0.05, 0) is 35.7 Å². The average Bonchev–Trinajstić information content (AvgIpc) is 3.14. The lowest BCUT2D eigenvalue weighted by molar-refractivity contribution is -0.984. The van der Waals surface area contributed by atoms with Crippen molar-refractivity contribution in [2.24, 2.45) is 11.8 Å². The summed E-state index contributed by atoms with van der Waals surface area (Å²) in [7, 11) is 0. The molecule has 5 heterocycles. The number of hydrogen-bond donors (Lipinski definition) is 1. The van der Waals surface area contributed by atoms with Gasteiger partial charge in [0.05, 0.1) is 24.2 Å². The molecule has 0 saturated carbocycles. The van der Waals surface area contributed by atoms with Crippen LogP contribution in [0.3, 0.4) is 0 Å². The third-order valence-electron chi connectivity index (χ3n) is 10.6. The number of phenols is 1. The second-order valence-electron chi connectivity index (χ2n) is 13.4. The van der Waals surface area contributed by atoms with Gasteiger partial charge in [0, 0.05) is 47.0 Å². The van der Waals surface area contributed by atoms with Crippen molar-refractivity contribution in [1.29, 1.82) is 0 Å². The molecule has 1 N–H and O–H groups in total. The summed E-state index contributed by atoms with van der Waals surface area (Å²) in [5, 5.41) is 11.9. The molecule has 6 aromatic rings. The minimum absolute atomic E-state index is 0.0700. The topological polar surface area (TPSA) is 68.1 Å². The van der Waals surface area contributed by atoms with Crippen molar-refractivity contribution in [2.75, 3.05) is 13.1 Å². The molecule has 0 amide bonds. The summed E-state index contributed by atoms with van der Waals surface area (Å²) < 4.78 is 8.27. The summed E-state index contributed by atoms with van der Waals surface area (Å²) in [6.07, 6.45) is 5.66. The standard InChI is InChI=1S/C42H37ClN4O2/c1-2-29-27-47(26-28-12-6-3-7-13-28)23-21-32(29)24-37(47)39(34-20-22-44-36-19-18-33(48)25-35(34)36)49-42-38(30-14-8-4-9-15-30)40(43)45-41(46-42)31-16-10-5-11-17-31/h2-20,22,25,29,32,37,39H,1,21,23-24,26-27H2/p+1/t29-,32-,37+,39-,47+/m0/s1. The minimum Gasteiger partial charge on any atom is -0.508 e. The number of benzene rings is 4. The maximum absolute atomic E-state index is 10.7. The fourth-order valence-corrected chi connectivity index (χ4v) is 8.52. The fraction of sp³-hybridized carbons (Fsp3) is 0.214. The summed E-state index contributed by atoms with van der Waals surface area (Å²) in [5.41, 5.74) is 5.45. The molecule has 0 radical (unpaired) electrons. The highest BCUT2D eigenvalue weighted by atomic mass is 35.5. The zero-order valence-corrected chi connectivity index (χ0v) is 28.0. The molecule has 3 aliphatic rings. The molecule has 49 heavy (non-hydrogen) atoms. The second kappa shape index (κ2) is 13.1. The van der Waals surface area contributed by atoms with Crippen LogP contribution in [-0.4, -0.2) is 43.7 Å². The van der Waals surface area contributed by atoms with Crippen molar-refractivity contribution < 1.29 is 14.3 Å². The number of phenolic OH excluding ortho intramolecular Hbond substituents is 1. The van der Waals surface area contributed by atoms with Gasteiger partial charge in [0.25, 0.3) is 0 Å². The highest BCUT2D eigenvalue weighted by Gasteiger charge is 2.55. The number of quaternary nitrogens is 1. The number of pyridine rings is 1. The SMILES string of the molecule is C=C[C@H]1C[N@+]2(Cc3ccccc3)CC[C@H]1C[C@@H]2[C@@H](Oc1nc(-c2ccccc2)nc(Cl)c1-c1ccccc1)c1ccnc2ccc(O)cc12. The maximum Gasteiger partial charge on any atom is 0.227 e. The molecule has 244 valence electrons. The number of ether oxygens (including phenoxy) is 1. The van der Waals surface area contributed by atoms with E-state index in [1.807, 2.05) is 79.0 Å². The van der Waals surface area contributed by atoms with E-state index in [4.69, 9.17) is 26.3 Å². The number of halogens is 1. The molecule has 2 bridgehead atoms. The zero-order chi connectivity index (χ0) is 33.4. The predicted molar refractivity (Wildman–Crippen MR) is 195 cm³/mol. The van der Waals surface area contributed by atoms with Gasteiger partial charge in [0.1, 0.15) is 23.5 Å². The van der Waals surface area contributed by atoms with Crippen LogP contribution in [0.15, 0.2) is 134 Å². The van der Waals surface area contributed by atoms with E-state index in [2.05, 4.69) is 48.0 Å². The van der Waals surface area contributed by atoms with Crippen LogP contribution in [0.5, 0.6) is 11.6 Å². The Bertz CT molecular complexity index is 2110. The van der Waals surface area contributed by atoms with Crippen LogP contribution < -0.4 is 4.74 Å². The van der Waals surface area contributed by atoms with Gasteiger partial charge in [-0.2, -0.15) is 4.98 Å². The number of rotatable bonds is 9. The largest absolute Gasteiger partial charge is 0.508 e. The summed E-state index contributed by atoms with van der Waals surface area (Å²) in [6.45, 7) is 7.16. The van der Waals surface area contributed by atoms with Crippen molar-refractivity contribution in [3.63, 3.8) is 0 Å². The molecule has 9 rings (SSSR count). The van der Waals surface area contributed by atoms with Crippen LogP contribution in [0.2, 0.25) is 5.15 Å². The van der Waals surface area contributed by atoms with Crippen LogP contribution in [0.1, 0.15) is 30.1 Å². The quantitative estimate of drug-likeness (QED) is 0.0947. The second-order valence-corrected chi connectivity index (χ2v) is 13.8. The molecule has 5 atom stereocenters. The number of aromatic nitrogens is 3. The van der Waals surface area contributed by atoms with Gasteiger partial charge in [-0.3, -0.25) is 4.98 Å². The van der Waals surface area contributed by atoms with Gasteiger partial charge in [0.15, 0.2) is 11.9 Å². The van der Waals surface area contributed by atoms with Gasteiger partial charge in [-0.1, -0.05) is 109 Å². The fourth-order valence-electron chi connectivity index (χ4n) is 8.25. The Balaban J connectivity index is 1.34. The van der Waals surface area contributed by atoms with E-state index >= 15 is 0 Å². The molecule has 0 unspecified atom stereocenters. The number of hydrogen-bond acceptors (Lipinski definition) is 5. The van der Waals surface area contributed by atoms with E-state index in [0.29, 0.717) is 34.3 Å². The normalized spacial score (nSPS) is 22.1. The first-order valence-electron chi connectivity index (χ1n) is 17.0. The van der Waals surface area contributed by atoms with Crippen molar-refractivity contribution in [1.82, 2.24) is 15.0 Å². The molecule has 4 aromatic carbocycles. The van der Waals surface area contributed by atoms with Gasteiger partial charge < -0.3 is 14.3 Å². The van der Waals surface area contributed by atoms with Crippen molar-refractivity contribution in [2.45, 2.75) is 31.5 Å². The Labute approximate surface area is 291 Å². The van der Waals surface area contributed by atoms with Crippen LogP contribution in [0.4, 0.5) is 0 Å². The minimum atomic E-state index is -0.443. The monoisotopic (exact) mass is 665 g/mol. The Morgan fingerprint density at radius 2 is 1.61 bits per heavy atom. The van der Waals surface area contributed by atoms with E-state index in [1.165, 1.54) is 5.56 Å². The van der Waals surface area contributed by atoms with Crippen LogP contribution in [0.25, 0.3) is 33.4 Å². The number of nitrogens with zero attached hydrogens (tertiary/aromatic N) is 4. The lowest BCUT2D eigenvalue weighted by Crippen LogP contribution is -2.68. The molecule has 3 saturated heterocycles. The molecular weight excluding hydrogens is 628 g/mol. The Kier molecular flexibility index (Phi) is 8.36. The zero-order valence-electron chi connectivity index (χ0n) is 27.2. The molecule has 2 aromatic heterocycles. The van der Waals surface area contributed by atoms with Gasteiger partial charge in [0.2, 0.25) is 5.88 Å². The summed E-state index contributed by atoms with van der Waals surface area (Å²) in [4.78, 5) is 14.6. The first kappa shape index (κ1) is 31.2. The Morgan fingerprint density at radius 3 is 2.35 bits per heavy atom. The highest BCUT2D eigenvalue weighted by molar-refractivity contribution is 6.32. The number of fused-ring (bicyclic) bond motifs is 4. The number of aromatic hydroxyl groups is 1. The summed E-state index contributed by atoms with van der Waals surface area (Å²) in [5.74, 6) is 2.04. The Morgan fingerprint density at radius 1 is 0.898 bits per heavy atom. The van der Waals surface area contributed by atoms with E-state index in [0.717, 1.165) is 64.6 Å². The predicted octanol–water partition coefficient (Wildman–Crippen LogP) is 9.45. The van der Waals surface area contributed by atoms with Crippen molar-refractivity contribution in [3.05, 3.63) is 150 Å². The summed E-state index contributed by atoms with van der Waals surface area (Å²) >= 11 is 7.10. The Hall–Kier alpha value is -5.04. The average molecular weight is 666 g/mol.